The van der Waals surface area contributed by atoms with Crippen LogP contribution in [0.4, 0.5) is 10.8 Å². The van der Waals surface area contributed by atoms with Crippen molar-refractivity contribution in [1.29, 1.82) is 0 Å². The van der Waals surface area contributed by atoms with Crippen LogP contribution in [-0.2, 0) is 9.59 Å². The molecule has 1 atom stereocenters. The van der Waals surface area contributed by atoms with Gasteiger partial charge in [-0.25, -0.2) is 4.98 Å². The molecule has 2 heterocycles. The second-order valence-electron chi connectivity index (χ2n) is 11.1. The monoisotopic (exact) mass is 700 g/mol. The summed E-state index contributed by atoms with van der Waals surface area (Å²) < 4.78 is 0. The van der Waals surface area contributed by atoms with E-state index in [4.69, 9.17) is 4.98 Å². The minimum absolute atomic E-state index is 0.120. The van der Waals surface area contributed by atoms with Crippen molar-refractivity contribution in [2.24, 2.45) is 0 Å². The topological polar surface area (TPSA) is 100 Å². The van der Waals surface area contributed by atoms with Gasteiger partial charge in [-0.1, -0.05) is 78.4 Å². The highest BCUT2D eigenvalue weighted by Gasteiger charge is 2.24. The van der Waals surface area contributed by atoms with E-state index < -0.39 is 11.2 Å². The molecule has 0 fully saturated rings. The van der Waals surface area contributed by atoms with Crippen LogP contribution in [0.5, 0.6) is 0 Å². The van der Waals surface area contributed by atoms with Gasteiger partial charge in [0.2, 0.25) is 5.91 Å². The van der Waals surface area contributed by atoms with Crippen molar-refractivity contribution < 1.29 is 14.4 Å². The number of thiophene rings is 1. The summed E-state index contributed by atoms with van der Waals surface area (Å²) in [6.45, 7) is 4.05. The Morgan fingerprint density at radius 3 is 2.16 bits per heavy atom. The molecule has 6 aromatic rings. The van der Waals surface area contributed by atoms with Crippen molar-refractivity contribution in [3.05, 3.63) is 159 Å². The van der Waals surface area contributed by atoms with E-state index in [-0.39, 0.29) is 17.5 Å². The molecule has 0 saturated carbocycles. The number of benzene rings is 4. The molecule has 10 heteroatoms. The van der Waals surface area contributed by atoms with E-state index in [1.54, 1.807) is 42.5 Å². The average molecular weight is 701 g/mol. The molecule has 7 nitrogen and oxygen atoms in total. The first-order chi connectivity index (χ1) is 23.8. The standard InChI is InChI=1S/C39H32N4O3S3/c1-25-13-15-28(16-14-25)34-26(2)48-39(42-34)43-38(46)35(29-9-5-3-6-10-29)49-32-19-17-31(18-20-32)40-37(45)33(23-27-21-22-47-24-27)41-36(44)30-11-7-4-8-12-30/h3-24,35H,1-2H3,(H,40,45)(H,41,44)(H,42,43,46)/b33-23-. The molecule has 4 aromatic carbocycles. The Morgan fingerprint density at radius 2 is 1.49 bits per heavy atom. The van der Waals surface area contributed by atoms with E-state index in [0.717, 1.165) is 32.2 Å². The summed E-state index contributed by atoms with van der Waals surface area (Å²) in [4.78, 5) is 46.7. The molecule has 0 spiro atoms. The largest absolute Gasteiger partial charge is 0.321 e. The lowest BCUT2D eigenvalue weighted by molar-refractivity contribution is -0.116. The zero-order chi connectivity index (χ0) is 34.2. The number of thiazole rings is 1. The van der Waals surface area contributed by atoms with Gasteiger partial charge in [0.05, 0.1) is 5.69 Å². The van der Waals surface area contributed by atoms with E-state index in [0.29, 0.717) is 16.4 Å². The molecule has 49 heavy (non-hydrogen) atoms. The maximum atomic E-state index is 13.8. The summed E-state index contributed by atoms with van der Waals surface area (Å²) in [5.41, 5.74) is 5.81. The highest BCUT2D eigenvalue weighted by molar-refractivity contribution is 8.00. The van der Waals surface area contributed by atoms with Crippen molar-refractivity contribution >= 4 is 69.1 Å². The SMILES string of the molecule is Cc1ccc(-c2nc(NC(=O)C(Sc3ccc(NC(=O)/C(=C/c4ccsc4)NC(=O)c4ccccc4)cc3)c3ccccc3)sc2C)cc1. The molecule has 1 unspecified atom stereocenters. The summed E-state index contributed by atoms with van der Waals surface area (Å²) in [5.74, 6) is -1.02. The van der Waals surface area contributed by atoms with E-state index >= 15 is 0 Å². The van der Waals surface area contributed by atoms with Gasteiger partial charge in [0.25, 0.3) is 11.8 Å². The summed E-state index contributed by atoms with van der Waals surface area (Å²) in [6.07, 6.45) is 1.65. The number of aryl methyl sites for hydroxylation is 2. The van der Waals surface area contributed by atoms with E-state index in [9.17, 15) is 14.4 Å². The van der Waals surface area contributed by atoms with Gasteiger partial charge in [-0.2, -0.15) is 11.3 Å². The first-order valence-corrected chi connectivity index (χ1v) is 18.0. The molecule has 0 aliphatic heterocycles. The van der Waals surface area contributed by atoms with Crippen LogP contribution in [-0.4, -0.2) is 22.7 Å². The van der Waals surface area contributed by atoms with Crippen molar-refractivity contribution in [3.8, 4) is 11.3 Å². The summed E-state index contributed by atoms with van der Waals surface area (Å²) in [5, 5.41) is 12.5. The number of carbonyl (C=O) groups is 3. The molecule has 0 radical (unpaired) electrons. The van der Waals surface area contributed by atoms with Crippen molar-refractivity contribution in [1.82, 2.24) is 10.3 Å². The predicted molar refractivity (Wildman–Crippen MR) is 202 cm³/mol. The van der Waals surface area contributed by atoms with Gasteiger partial charge in [-0.15, -0.1) is 23.1 Å². The van der Waals surface area contributed by atoms with Gasteiger partial charge >= 0.3 is 0 Å². The quantitative estimate of drug-likeness (QED) is 0.0924. The second-order valence-corrected chi connectivity index (χ2v) is 14.3. The number of aromatic nitrogens is 1. The third-order valence-electron chi connectivity index (χ3n) is 7.44. The molecule has 0 saturated heterocycles. The van der Waals surface area contributed by atoms with Gasteiger partial charge in [0.15, 0.2) is 5.13 Å². The number of nitrogens with one attached hydrogen (secondary N) is 3. The van der Waals surface area contributed by atoms with Crippen LogP contribution in [0.15, 0.2) is 137 Å². The van der Waals surface area contributed by atoms with E-state index in [1.165, 1.54) is 40.0 Å². The third kappa shape index (κ3) is 8.80. The zero-order valence-electron chi connectivity index (χ0n) is 26.7. The molecule has 3 amide bonds. The molecule has 0 aliphatic carbocycles. The minimum atomic E-state index is -0.554. The Hall–Kier alpha value is -5.29. The molecule has 0 aliphatic rings. The lowest BCUT2D eigenvalue weighted by Gasteiger charge is -2.17. The Labute approximate surface area is 297 Å². The molecule has 2 aromatic heterocycles. The number of hydrogen-bond acceptors (Lipinski definition) is 7. The fourth-order valence-electron chi connectivity index (χ4n) is 4.92. The van der Waals surface area contributed by atoms with Crippen molar-refractivity contribution in [3.63, 3.8) is 0 Å². The first-order valence-electron chi connectivity index (χ1n) is 15.4. The highest BCUT2D eigenvalue weighted by atomic mass is 32.2. The number of thioether (sulfide) groups is 1. The maximum Gasteiger partial charge on any atom is 0.272 e. The smallest absolute Gasteiger partial charge is 0.272 e. The van der Waals surface area contributed by atoms with Crippen LogP contribution < -0.4 is 16.0 Å². The third-order valence-corrected chi connectivity index (χ3v) is 10.3. The highest BCUT2D eigenvalue weighted by Crippen LogP contribution is 2.38. The fraction of sp³-hybridized carbons (Fsp3) is 0.0769. The molecular weight excluding hydrogens is 669 g/mol. The molecule has 244 valence electrons. The molecule has 6 rings (SSSR count). The lowest BCUT2D eigenvalue weighted by atomic mass is 10.1. The summed E-state index contributed by atoms with van der Waals surface area (Å²) >= 11 is 4.35. The van der Waals surface area contributed by atoms with Gasteiger partial charge in [0, 0.05) is 26.6 Å². The summed E-state index contributed by atoms with van der Waals surface area (Å²) in [7, 11) is 0. The summed E-state index contributed by atoms with van der Waals surface area (Å²) in [6, 6.07) is 35.7. The van der Waals surface area contributed by atoms with Crippen LogP contribution in [0.1, 0.15) is 37.2 Å². The van der Waals surface area contributed by atoms with E-state index in [2.05, 4.69) is 28.1 Å². The number of rotatable bonds is 11. The first kappa shape index (κ1) is 33.6. The van der Waals surface area contributed by atoms with Crippen LogP contribution in [0.3, 0.4) is 0 Å². The van der Waals surface area contributed by atoms with Crippen molar-refractivity contribution in [2.45, 2.75) is 24.0 Å². The van der Waals surface area contributed by atoms with Gasteiger partial charge < -0.3 is 16.0 Å². The molecular formula is C39H32N4O3S3. The number of nitrogens with zero attached hydrogens (tertiary/aromatic N) is 1. The fourth-order valence-corrected chi connectivity index (χ4v) is 7.40. The zero-order valence-corrected chi connectivity index (χ0v) is 29.1. The Morgan fingerprint density at radius 1 is 0.796 bits per heavy atom. The molecule has 0 bridgehead atoms. The van der Waals surface area contributed by atoms with Crippen molar-refractivity contribution in [2.75, 3.05) is 10.6 Å². The normalized spacial score (nSPS) is 11.8. The predicted octanol–water partition coefficient (Wildman–Crippen LogP) is 9.37. The van der Waals surface area contributed by atoms with E-state index in [1.807, 2.05) is 91.3 Å². The number of carbonyl (C=O) groups excluding carboxylic acids is 3. The average Bonchev–Trinajstić information content (AvgIpc) is 3.77. The Kier molecular flexibility index (Phi) is 10.8. The Bertz CT molecular complexity index is 2080. The number of anilines is 2. The Balaban J connectivity index is 1.16. The van der Waals surface area contributed by atoms with Crippen LogP contribution in [0, 0.1) is 13.8 Å². The minimum Gasteiger partial charge on any atom is -0.321 e. The number of amides is 3. The van der Waals surface area contributed by atoms with Crippen LogP contribution in [0.25, 0.3) is 17.3 Å². The van der Waals surface area contributed by atoms with Gasteiger partial charge in [-0.3, -0.25) is 14.4 Å². The van der Waals surface area contributed by atoms with Crippen LogP contribution in [0.2, 0.25) is 0 Å². The lowest BCUT2D eigenvalue weighted by Crippen LogP contribution is -2.30. The van der Waals surface area contributed by atoms with Gasteiger partial charge in [-0.05, 0) is 84.3 Å². The van der Waals surface area contributed by atoms with Gasteiger partial charge in [0.1, 0.15) is 10.9 Å². The number of hydrogen-bond donors (Lipinski definition) is 3. The maximum absolute atomic E-state index is 13.8. The van der Waals surface area contributed by atoms with Crippen LogP contribution >= 0.6 is 34.4 Å². The molecule has 3 N–H and O–H groups in total. The second kappa shape index (κ2) is 15.7.